The standard InChI is InChI=1S/C23H23N3O3/c1-25(2)23(28)18-14-20(24-19-11-7-6-10-17(18)19)21-15-26(12-13-29-21)22(27)16-8-4-3-5-9-16/h3-11,14,21H,12-13,15H2,1-2H3/t21-/m1/s1. The average Bonchev–Trinajstić information content (AvgIpc) is 2.78. The van der Waals surface area contributed by atoms with Crippen molar-refractivity contribution in [2.45, 2.75) is 6.10 Å². The van der Waals surface area contributed by atoms with Gasteiger partial charge in [-0.3, -0.25) is 9.59 Å². The number of ether oxygens (including phenoxy) is 1. The minimum absolute atomic E-state index is 0.0238. The molecule has 1 fully saturated rings. The van der Waals surface area contributed by atoms with E-state index in [1.165, 1.54) is 0 Å². The van der Waals surface area contributed by atoms with Gasteiger partial charge >= 0.3 is 0 Å². The lowest BCUT2D eigenvalue weighted by atomic mass is 10.0. The molecule has 148 valence electrons. The van der Waals surface area contributed by atoms with Crippen molar-refractivity contribution in [1.29, 1.82) is 0 Å². The Morgan fingerprint density at radius 1 is 1.07 bits per heavy atom. The zero-order valence-electron chi connectivity index (χ0n) is 16.5. The quantitative estimate of drug-likeness (QED) is 0.690. The maximum absolute atomic E-state index is 12.8. The molecule has 0 spiro atoms. The first kappa shape index (κ1) is 19.1. The van der Waals surface area contributed by atoms with Crippen LogP contribution in [0.15, 0.2) is 60.7 Å². The zero-order chi connectivity index (χ0) is 20.4. The molecule has 3 aromatic rings. The minimum atomic E-state index is -0.380. The molecule has 0 radical (unpaired) electrons. The molecule has 1 saturated heterocycles. The maximum Gasteiger partial charge on any atom is 0.254 e. The fraction of sp³-hybridized carbons (Fsp3) is 0.261. The van der Waals surface area contributed by atoms with Gasteiger partial charge in [0.2, 0.25) is 0 Å². The van der Waals surface area contributed by atoms with Gasteiger partial charge in [-0.1, -0.05) is 36.4 Å². The van der Waals surface area contributed by atoms with Gasteiger partial charge in [0.25, 0.3) is 11.8 Å². The molecule has 6 heteroatoms. The van der Waals surface area contributed by atoms with Gasteiger partial charge in [0.15, 0.2) is 0 Å². The van der Waals surface area contributed by atoms with Crippen LogP contribution in [0.3, 0.4) is 0 Å². The van der Waals surface area contributed by atoms with E-state index in [9.17, 15) is 9.59 Å². The Morgan fingerprint density at radius 2 is 1.79 bits per heavy atom. The highest BCUT2D eigenvalue weighted by atomic mass is 16.5. The second-order valence-corrected chi connectivity index (χ2v) is 7.29. The number of pyridine rings is 1. The molecule has 1 atom stereocenters. The number of benzene rings is 2. The van der Waals surface area contributed by atoms with E-state index in [1.54, 1.807) is 30.0 Å². The second kappa shape index (κ2) is 8.01. The number of hydrogen-bond donors (Lipinski definition) is 0. The lowest BCUT2D eigenvalue weighted by Gasteiger charge is -2.33. The van der Waals surface area contributed by atoms with Crippen LogP contribution >= 0.6 is 0 Å². The molecular weight excluding hydrogens is 366 g/mol. The van der Waals surface area contributed by atoms with E-state index in [1.807, 2.05) is 54.6 Å². The van der Waals surface area contributed by atoms with Crippen LogP contribution in [0.5, 0.6) is 0 Å². The van der Waals surface area contributed by atoms with Gasteiger partial charge in [-0.2, -0.15) is 0 Å². The van der Waals surface area contributed by atoms with Gasteiger partial charge in [-0.25, -0.2) is 4.98 Å². The summed E-state index contributed by atoms with van der Waals surface area (Å²) in [6.07, 6.45) is -0.380. The zero-order valence-corrected chi connectivity index (χ0v) is 16.5. The molecule has 4 rings (SSSR count). The van der Waals surface area contributed by atoms with Crippen LogP contribution in [-0.2, 0) is 4.74 Å². The summed E-state index contributed by atoms with van der Waals surface area (Å²) in [5.74, 6) is -0.109. The van der Waals surface area contributed by atoms with E-state index >= 15 is 0 Å². The number of amides is 2. The molecule has 0 N–H and O–H groups in total. The van der Waals surface area contributed by atoms with Crippen LogP contribution in [0, 0.1) is 0 Å². The monoisotopic (exact) mass is 389 g/mol. The van der Waals surface area contributed by atoms with E-state index in [-0.39, 0.29) is 17.9 Å². The third-order valence-electron chi connectivity index (χ3n) is 5.08. The highest BCUT2D eigenvalue weighted by Crippen LogP contribution is 2.27. The summed E-state index contributed by atoms with van der Waals surface area (Å²) in [5, 5.41) is 0.808. The molecule has 0 unspecified atom stereocenters. The molecule has 29 heavy (non-hydrogen) atoms. The maximum atomic E-state index is 12.8. The van der Waals surface area contributed by atoms with E-state index in [2.05, 4.69) is 0 Å². The largest absolute Gasteiger partial charge is 0.368 e. The van der Waals surface area contributed by atoms with Gasteiger partial charge in [0, 0.05) is 31.6 Å². The number of morpholine rings is 1. The summed E-state index contributed by atoms with van der Waals surface area (Å²) in [6.45, 7) is 1.35. The van der Waals surface area contributed by atoms with Crippen molar-refractivity contribution in [1.82, 2.24) is 14.8 Å². The Hall–Kier alpha value is -3.25. The van der Waals surface area contributed by atoms with Crippen molar-refractivity contribution in [2.24, 2.45) is 0 Å². The van der Waals surface area contributed by atoms with Crippen LogP contribution in [0.2, 0.25) is 0 Å². The molecular formula is C23H23N3O3. The number of carbonyl (C=O) groups is 2. The molecule has 0 bridgehead atoms. The molecule has 2 heterocycles. The summed E-state index contributed by atoms with van der Waals surface area (Å²) < 4.78 is 5.94. The first-order valence-corrected chi connectivity index (χ1v) is 9.62. The lowest BCUT2D eigenvalue weighted by Crippen LogP contribution is -2.42. The van der Waals surface area contributed by atoms with Gasteiger partial charge in [0.1, 0.15) is 6.10 Å². The summed E-state index contributed by atoms with van der Waals surface area (Å²) >= 11 is 0. The number of nitrogens with zero attached hydrogens (tertiary/aromatic N) is 3. The SMILES string of the molecule is CN(C)C(=O)c1cc([C@H]2CN(C(=O)c3ccccc3)CCO2)nc2ccccc12. The Bertz CT molecular complexity index is 1050. The molecule has 0 aliphatic carbocycles. The molecule has 2 aromatic carbocycles. The van der Waals surface area contributed by atoms with E-state index < -0.39 is 0 Å². The molecule has 1 aliphatic rings. The Morgan fingerprint density at radius 3 is 2.55 bits per heavy atom. The normalized spacial score (nSPS) is 16.6. The molecule has 6 nitrogen and oxygen atoms in total. The predicted molar refractivity (Wildman–Crippen MR) is 111 cm³/mol. The smallest absolute Gasteiger partial charge is 0.254 e. The van der Waals surface area contributed by atoms with Crippen LogP contribution in [0.25, 0.3) is 10.9 Å². The van der Waals surface area contributed by atoms with Crippen LogP contribution in [0.4, 0.5) is 0 Å². The summed E-state index contributed by atoms with van der Waals surface area (Å²) in [5.41, 5.74) is 2.65. The first-order chi connectivity index (χ1) is 14.0. The molecule has 1 aliphatic heterocycles. The predicted octanol–water partition coefficient (Wildman–Crippen LogP) is 3.15. The third-order valence-corrected chi connectivity index (χ3v) is 5.08. The Balaban J connectivity index is 1.67. The van der Waals surface area contributed by atoms with Gasteiger partial charge in [0.05, 0.1) is 29.9 Å². The molecule has 1 aromatic heterocycles. The number of para-hydroxylation sites is 1. The topological polar surface area (TPSA) is 62.7 Å². The minimum Gasteiger partial charge on any atom is -0.368 e. The average molecular weight is 389 g/mol. The van der Waals surface area contributed by atoms with Crippen molar-refractivity contribution in [3.8, 4) is 0 Å². The van der Waals surface area contributed by atoms with Crippen LogP contribution < -0.4 is 0 Å². The molecule has 0 saturated carbocycles. The summed E-state index contributed by atoms with van der Waals surface area (Å²) in [4.78, 5) is 33.7. The number of carbonyl (C=O) groups excluding carboxylic acids is 2. The van der Waals surface area contributed by atoms with E-state index in [4.69, 9.17) is 9.72 Å². The highest BCUT2D eigenvalue weighted by Gasteiger charge is 2.28. The van der Waals surface area contributed by atoms with Crippen molar-refractivity contribution < 1.29 is 14.3 Å². The van der Waals surface area contributed by atoms with E-state index in [0.29, 0.717) is 36.5 Å². The number of hydrogen-bond acceptors (Lipinski definition) is 4. The van der Waals surface area contributed by atoms with E-state index in [0.717, 1.165) is 10.9 Å². The summed E-state index contributed by atoms with van der Waals surface area (Å²) in [7, 11) is 3.46. The van der Waals surface area contributed by atoms with Crippen molar-refractivity contribution >= 4 is 22.7 Å². The van der Waals surface area contributed by atoms with Crippen LogP contribution in [-0.4, -0.2) is 60.4 Å². The molecule has 2 amide bonds. The Kier molecular flexibility index (Phi) is 5.27. The third kappa shape index (κ3) is 3.84. The fourth-order valence-corrected chi connectivity index (χ4v) is 3.55. The Labute approximate surface area is 169 Å². The number of aromatic nitrogens is 1. The van der Waals surface area contributed by atoms with Crippen LogP contribution in [0.1, 0.15) is 32.5 Å². The number of rotatable bonds is 3. The van der Waals surface area contributed by atoms with Crippen molar-refractivity contribution in [3.05, 3.63) is 77.5 Å². The first-order valence-electron chi connectivity index (χ1n) is 9.62. The van der Waals surface area contributed by atoms with Crippen molar-refractivity contribution in [2.75, 3.05) is 33.8 Å². The fourth-order valence-electron chi connectivity index (χ4n) is 3.55. The highest BCUT2D eigenvalue weighted by molar-refractivity contribution is 6.06. The van der Waals surface area contributed by atoms with Crippen molar-refractivity contribution in [3.63, 3.8) is 0 Å². The van der Waals surface area contributed by atoms with Gasteiger partial charge < -0.3 is 14.5 Å². The van der Waals surface area contributed by atoms with Gasteiger partial charge in [-0.15, -0.1) is 0 Å². The number of fused-ring (bicyclic) bond motifs is 1. The summed E-state index contributed by atoms with van der Waals surface area (Å²) in [6, 6.07) is 18.6. The van der Waals surface area contributed by atoms with Gasteiger partial charge in [-0.05, 0) is 24.3 Å². The lowest BCUT2D eigenvalue weighted by molar-refractivity contribution is -0.0246. The second-order valence-electron chi connectivity index (χ2n) is 7.29.